The molecule has 1 atom stereocenters. The van der Waals surface area contributed by atoms with Crippen LogP contribution in [0, 0.1) is 13.8 Å². The molecule has 2 aromatic heterocycles. The molecule has 0 N–H and O–H groups in total. The summed E-state index contributed by atoms with van der Waals surface area (Å²) in [6.07, 6.45) is 2.89. The Hall–Kier alpha value is -2.15. The molecule has 4 rings (SSSR count). The molecule has 1 amide bonds. The molecule has 2 aliphatic heterocycles. The summed E-state index contributed by atoms with van der Waals surface area (Å²) in [5.41, 5.74) is 3.13. The monoisotopic (exact) mass is 315 g/mol. The Bertz CT molecular complexity index is 711. The van der Waals surface area contributed by atoms with Gasteiger partial charge in [0, 0.05) is 44.5 Å². The Balaban J connectivity index is 1.58. The third kappa shape index (κ3) is 2.45. The number of aryl methyl sites for hydroxylation is 2. The predicted molar refractivity (Wildman–Crippen MR) is 82.6 cm³/mol. The van der Waals surface area contributed by atoms with Gasteiger partial charge in [0.15, 0.2) is 0 Å². The number of aromatic nitrogens is 3. The Morgan fingerprint density at radius 3 is 2.87 bits per heavy atom. The van der Waals surface area contributed by atoms with Crippen LogP contribution < -0.4 is 0 Å². The zero-order chi connectivity index (χ0) is 16.0. The normalized spacial score (nSPS) is 21.1. The van der Waals surface area contributed by atoms with Crippen molar-refractivity contribution in [2.45, 2.75) is 39.4 Å². The Kier molecular flexibility index (Phi) is 3.45. The first-order valence-electron chi connectivity index (χ1n) is 8.09. The van der Waals surface area contributed by atoms with Crippen molar-refractivity contribution in [1.82, 2.24) is 24.7 Å². The number of rotatable bonds is 3. The smallest absolute Gasteiger partial charge is 0.248 e. The number of carbonyl (C=O) groups excluding carboxylic acids is 1. The fraction of sp³-hybridized carbons (Fsp3) is 0.562. The second-order valence-electron chi connectivity index (χ2n) is 6.43. The lowest BCUT2D eigenvalue weighted by molar-refractivity contribution is -0.140. The summed E-state index contributed by atoms with van der Waals surface area (Å²) < 4.78 is 7.15. The molecule has 2 aliphatic rings. The number of carbonyl (C=O) groups is 1. The topological polar surface area (TPSA) is 67.4 Å². The number of hydrogen-bond donors (Lipinski definition) is 0. The molecule has 0 bridgehead atoms. The van der Waals surface area contributed by atoms with Gasteiger partial charge >= 0.3 is 0 Å². The van der Waals surface area contributed by atoms with Gasteiger partial charge in [0.25, 0.3) is 0 Å². The Labute approximate surface area is 134 Å². The molecule has 23 heavy (non-hydrogen) atoms. The van der Waals surface area contributed by atoms with Crippen molar-refractivity contribution in [1.29, 1.82) is 0 Å². The lowest BCUT2D eigenvalue weighted by atomic mass is 10.1. The van der Waals surface area contributed by atoms with E-state index in [1.807, 2.05) is 29.5 Å². The fourth-order valence-corrected chi connectivity index (χ4v) is 3.36. The zero-order valence-corrected chi connectivity index (χ0v) is 13.5. The molecule has 1 fully saturated rings. The van der Waals surface area contributed by atoms with E-state index in [2.05, 4.69) is 15.2 Å². The molecule has 0 spiro atoms. The number of hydrogen-bond acceptors (Lipinski definition) is 5. The van der Waals surface area contributed by atoms with E-state index in [4.69, 9.17) is 4.52 Å². The molecular formula is C16H21N5O2. The van der Waals surface area contributed by atoms with Crippen LogP contribution in [0.2, 0.25) is 0 Å². The molecule has 2 aromatic rings. The molecule has 0 saturated carbocycles. The average molecular weight is 315 g/mol. The van der Waals surface area contributed by atoms with Crippen molar-refractivity contribution in [3.8, 4) is 0 Å². The highest BCUT2D eigenvalue weighted by molar-refractivity contribution is 5.81. The van der Waals surface area contributed by atoms with Gasteiger partial charge in [-0.25, -0.2) is 0 Å². The molecule has 122 valence electrons. The van der Waals surface area contributed by atoms with Crippen molar-refractivity contribution >= 4 is 5.91 Å². The van der Waals surface area contributed by atoms with Gasteiger partial charge in [0.2, 0.25) is 5.91 Å². The average Bonchev–Trinajstić information content (AvgIpc) is 3.06. The van der Waals surface area contributed by atoms with E-state index >= 15 is 0 Å². The van der Waals surface area contributed by atoms with Crippen LogP contribution >= 0.6 is 0 Å². The van der Waals surface area contributed by atoms with E-state index in [-0.39, 0.29) is 11.9 Å². The van der Waals surface area contributed by atoms with E-state index < -0.39 is 0 Å². The maximum absolute atomic E-state index is 12.7. The van der Waals surface area contributed by atoms with Gasteiger partial charge < -0.3 is 9.42 Å². The predicted octanol–water partition coefficient (Wildman–Crippen LogP) is 1.28. The zero-order valence-electron chi connectivity index (χ0n) is 13.5. The SMILES string of the molecule is Cc1noc(C)c1CN1Cc2ccnn2C(C(=O)N2CCC2)C1. The molecule has 1 unspecified atom stereocenters. The van der Waals surface area contributed by atoms with Gasteiger partial charge in [-0.1, -0.05) is 5.16 Å². The van der Waals surface area contributed by atoms with Crippen LogP contribution in [-0.4, -0.2) is 50.3 Å². The van der Waals surface area contributed by atoms with Gasteiger partial charge in [-0.15, -0.1) is 0 Å². The highest BCUT2D eigenvalue weighted by Gasteiger charge is 2.35. The minimum atomic E-state index is -0.227. The highest BCUT2D eigenvalue weighted by Crippen LogP contribution is 2.26. The maximum Gasteiger partial charge on any atom is 0.248 e. The first-order chi connectivity index (χ1) is 11.1. The van der Waals surface area contributed by atoms with Gasteiger partial charge in [-0.2, -0.15) is 5.10 Å². The van der Waals surface area contributed by atoms with Crippen LogP contribution in [0.3, 0.4) is 0 Å². The second kappa shape index (κ2) is 5.49. The summed E-state index contributed by atoms with van der Waals surface area (Å²) in [5, 5.41) is 8.40. The molecule has 0 radical (unpaired) electrons. The Morgan fingerprint density at radius 2 is 2.22 bits per heavy atom. The number of fused-ring (bicyclic) bond motifs is 1. The van der Waals surface area contributed by atoms with E-state index in [0.29, 0.717) is 6.54 Å². The minimum Gasteiger partial charge on any atom is -0.361 e. The second-order valence-corrected chi connectivity index (χ2v) is 6.43. The van der Waals surface area contributed by atoms with Crippen molar-refractivity contribution < 1.29 is 9.32 Å². The first kappa shape index (κ1) is 14.4. The Morgan fingerprint density at radius 1 is 1.39 bits per heavy atom. The fourth-order valence-electron chi connectivity index (χ4n) is 3.36. The molecule has 4 heterocycles. The van der Waals surface area contributed by atoms with Gasteiger partial charge in [0.05, 0.1) is 11.4 Å². The van der Waals surface area contributed by atoms with Gasteiger partial charge in [-0.05, 0) is 26.3 Å². The summed E-state index contributed by atoms with van der Waals surface area (Å²) >= 11 is 0. The summed E-state index contributed by atoms with van der Waals surface area (Å²) in [5.74, 6) is 1.04. The van der Waals surface area contributed by atoms with Gasteiger partial charge in [-0.3, -0.25) is 14.4 Å². The van der Waals surface area contributed by atoms with Crippen LogP contribution in [0.25, 0.3) is 0 Å². The van der Waals surface area contributed by atoms with Crippen LogP contribution in [0.5, 0.6) is 0 Å². The number of likely N-dealkylation sites (tertiary alicyclic amines) is 1. The minimum absolute atomic E-state index is 0.185. The molecule has 0 aliphatic carbocycles. The molecule has 1 saturated heterocycles. The number of nitrogens with zero attached hydrogens (tertiary/aromatic N) is 5. The standard InChI is InChI=1S/C16H21N5O2/c1-11-14(12(2)23-18-11)9-19-8-13-4-5-17-21(13)15(10-19)16(22)20-6-3-7-20/h4-5,15H,3,6-10H2,1-2H3. The van der Waals surface area contributed by atoms with E-state index in [9.17, 15) is 4.79 Å². The highest BCUT2D eigenvalue weighted by atomic mass is 16.5. The van der Waals surface area contributed by atoms with Gasteiger partial charge in [0.1, 0.15) is 11.8 Å². The third-order valence-electron chi connectivity index (χ3n) is 4.88. The summed E-state index contributed by atoms with van der Waals surface area (Å²) in [6, 6.07) is 1.77. The third-order valence-corrected chi connectivity index (χ3v) is 4.88. The van der Waals surface area contributed by atoms with Crippen LogP contribution in [0.15, 0.2) is 16.8 Å². The van der Waals surface area contributed by atoms with E-state index in [0.717, 1.165) is 55.3 Å². The van der Waals surface area contributed by atoms with Crippen molar-refractivity contribution in [2.75, 3.05) is 19.6 Å². The molecule has 7 heteroatoms. The number of amides is 1. The van der Waals surface area contributed by atoms with Crippen molar-refractivity contribution in [2.24, 2.45) is 0 Å². The largest absolute Gasteiger partial charge is 0.361 e. The van der Waals surface area contributed by atoms with Crippen LogP contribution in [-0.2, 0) is 17.9 Å². The molecule has 0 aromatic carbocycles. The quantitative estimate of drug-likeness (QED) is 0.853. The maximum atomic E-state index is 12.7. The van der Waals surface area contributed by atoms with Crippen LogP contribution in [0.4, 0.5) is 0 Å². The lowest BCUT2D eigenvalue weighted by Gasteiger charge is -2.38. The molecular weight excluding hydrogens is 294 g/mol. The first-order valence-corrected chi connectivity index (χ1v) is 8.09. The summed E-state index contributed by atoms with van der Waals surface area (Å²) in [4.78, 5) is 16.9. The van der Waals surface area contributed by atoms with Crippen molar-refractivity contribution in [3.63, 3.8) is 0 Å². The van der Waals surface area contributed by atoms with Crippen LogP contribution in [0.1, 0.15) is 35.2 Å². The van der Waals surface area contributed by atoms with E-state index in [1.54, 1.807) is 6.20 Å². The molecule has 7 nitrogen and oxygen atoms in total. The summed E-state index contributed by atoms with van der Waals surface area (Å²) in [6.45, 7) is 7.85. The lowest BCUT2D eigenvalue weighted by Crippen LogP contribution is -2.50. The van der Waals surface area contributed by atoms with Crippen molar-refractivity contribution in [3.05, 3.63) is 35.0 Å². The summed E-state index contributed by atoms with van der Waals surface area (Å²) in [7, 11) is 0. The van der Waals surface area contributed by atoms with E-state index in [1.165, 1.54) is 0 Å².